The van der Waals surface area contributed by atoms with E-state index in [0.29, 0.717) is 29.0 Å². The molecule has 0 spiro atoms. The number of aryl methyl sites for hydroxylation is 3. The number of pyridine rings is 1. The van der Waals surface area contributed by atoms with Gasteiger partial charge in [0.05, 0.1) is 28.9 Å². The number of hydrogen-bond acceptors (Lipinski definition) is 5. The highest BCUT2D eigenvalue weighted by molar-refractivity contribution is 6.03. The first-order chi connectivity index (χ1) is 10.9. The number of rotatable bonds is 4. The predicted octanol–water partition coefficient (Wildman–Crippen LogP) is 1.22. The van der Waals surface area contributed by atoms with Crippen molar-refractivity contribution in [3.63, 3.8) is 0 Å². The van der Waals surface area contributed by atoms with E-state index >= 15 is 0 Å². The topological polar surface area (TPSA) is 88.7 Å². The molecule has 3 aromatic heterocycles. The number of carbonyl (C=O) groups excluding carboxylic acids is 1. The van der Waals surface area contributed by atoms with Crippen LogP contribution >= 0.6 is 0 Å². The van der Waals surface area contributed by atoms with Crippen molar-refractivity contribution in [3.05, 3.63) is 29.2 Å². The summed E-state index contributed by atoms with van der Waals surface area (Å²) >= 11 is 0. The second-order valence-corrected chi connectivity index (χ2v) is 5.62. The summed E-state index contributed by atoms with van der Waals surface area (Å²) in [7, 11) is 1.84. The molecule has 0 bridgehead atoms. The molecule has 0 saturated heterocycles. The zero-order chi connectivity index (χ0) is 16.7. The van der Waals surface area contributed by atoms with Crippen LogP contribution < -0.4 is 5.11 Å². The smallest absolute Gasteiger partial charge is 0.159 e. The molecule has 0 atom stereocenters. The Morgan fingerprint density at radius 1 is 1.35 bits per heavy atom. The Morgan fingerprint density at radius 3 is 2.65 bits per heavy atom. The van der Waals surface area contributed by atoms with Gasteiger partial charge < -0.3 is 9.90 Å². The maximum atomic E-state index is 11.6. The zero-order valence-electron chi connectivity index (χ0n) is 13.6. The van der Waals surface area contributed by atoms with Crippen molar-refractivity contribution in [2.75, 3.05) is 0 Å². The minimum Gasteiger partial charge on any atom is -0.545 e. The molecule has 7 heteroatoms. The molecular formula is C16H18N5O2-. The molecule has 0 radical (unpaired) electrons. The quantitative estimate of drug-likeness (QED) is 0.722. The number of nitrogens with zero attached hydrogens (tertiary/aromatic N) is 5. The maximum absolute atomic E-state index is 11.6. The van der Waals surface area contributed by atoms with Gasteiger partial charge in [-0.15, -0.1) is 0 Å². The summed E-state index contributed by atoms with van der Waals surface area (Å²) < 4.78 is 3.49. The summed E-state index contributed by atoms with van der Waals surface area (Å²) in [4.78, 5) is 16.3. The lowest BCUT2D eigenvalue weighted by molar-refractivity contribution is -0.254. The SMILES string of the molecule is CCCn1nc(C)c2c(C(=O)[O-])cc(-c3cnn(C)c3C)nc21. The Kier molecular flexibility index (Phi) is 3.63. The van der Waals surface area contributed by atoms with E-state index in [1.807, 2.05) is 20.9 Å². The maximum Gasteiger partial charge on any atom is 0.159 e. The summed E-state index contributed by atoms with van der Waals surface area (Å²) in [5, 5.41) is 20.8. The van der Waals surface area contributed by atoms with Crippen LogP contribution in [0.4, 0.5) is 0 Å². The van der Waals surface area contributed by atoms with Crippen LogP contribution in [0, 0.1) is 13.8 Å². The van der Waals surface area contributed by atoms with Crippen LogP contribution in [0.25, 0.3) is 22.3 Å². The molecule has 3 heterocycles. The first-order valence-corrected chi connectivity index (χ1v) is 7.52. The molecule has 0 fully saturated rings. The van der Waals surface area contributed by atoms with Crippen LogP contribution in [0.2, 0.25) is 0 Å². The van der Waals surface area contributed by atoms with Gasteiger partial charge in [0.15, 0.2) is 5.65 Å². The van der Waals surface area contributed by atoms with Gasteiger partial charge in [-0.1, -0.05) is 6.92 Å². The molecule has 7 nitrogen and oxygen atoms in total. The van der Waals surface area contributed by atoms with Gasteiger partial charge in [-0.3, -0.25) is 4.68 Å². The largest absolute Gasteiger partial charge is 0.545 e. The van der Waals surface area contributed by atoms with Crippen LogP contribution in [0.15, 0.2) is 12.3 Å². The van der Waals surface area contributed by atoms with E-state index in [0.717, 1.165) is 17.7 Å². The third-order valence-corrected chi connectivity index (χ3v) is 4.04. The average molecular weight is 312 g/mol. The van der Waals surface area contributed by atoms with Crippen molar-refractivity contribution in [2.24, 2.45) is 7.05 Å². The van der Waals surface area contributed by atoms with Crippen LogP contribution in [0.5, 0.6) is 0 Å². The molecule has 0 amide bonds. The van der Waals surface area contributed by atoms with Crippen molar-refractivity contribution >= 4 is 17.0 Å². The van der Waals surface area contributed by atoms with Gasteiger partial charge in [-0.25, -0.2) is 9.67 Å². The van der Waals surface area contributed by atoms with Crippen molar-refractivity contribution in [1.82, 2.24) is 24.5 Å². The summed E-state index contributed by atoms with van der Waals surface area (Å²) in [5.74, 6) is -1.22. The molecular weight excluding hydrogens is 294 g/mol. The minimum atomic E-state index is -1.22. The molecule has 0 aliphatic rings. The van der Waals surface area contributed by atoms with Gasteiger partial charge in [0, 0.05) is 30.4 Å². The van der Waals surface area contributed by atoms with Crippen LogP contribution in [-0.2, 0) is 13.6 Å². The fourth-order valence-electron chi connectivity index (χ4n) is 2.77. The highest BCUT2D eigenvalue weighted by Gasteiger charge is 2.18. The third-order valence-electron chi connectivity index (χ3n) is 4.04. The fourth-order valence-corrected chi connectivity index (χ4v) is 2.77. The highest BCUT2D eigenvalue weighted by Crippen LogP contribution is 2.28. The first-order valence-electron chi connectivity index (χ1n) is 7.52. The summed E-state index contributed by atoms with van der Waals surface area (Å²) in [6.45, 7) is 6.43. The molecule has 0 N–H and O–H groups in total. The molecule has 23 heavy (non-hydrogen) atoms. The van der Waals surface area contributed by atoms with Gasteiger partial charge in [0.25, 0.3) is 0 Å². The van der Waals surface area contributed by atoms with E-state index < -0.39 is 5.97 Å². The number of aromatic carboxylic acids is 1. The van der Waals surface area contributed by atoms with E-state index in [1.54, 1.807) is 28.6 Å². The predicted molar refractivity (Wildman–Crippen MR) is 83.8 cm³/mol. The normalized spacial score (nSPS) is 11.3. The Hall–Kier alpha value is -2.70. The van der Waals surface area contributed by atoms with Crippen molar-refractivity contribution < 1.29 is 9.90 Å². The molecule has 0 unspecified atom stereocenters. The first kappa shape index (κ1) is 15.2. The fraction of sp³-hybridized carbons (Fsp3) is 0.375. The van der Waals surface area contributed by atoms with Gasteiger partial charge in [-0.2, -0.15) is 10.2 Å². The Morgan fingerprint density at radius 2 is 2.09 bits per heavy atom. The second-order valence-electron chi connectivity index (χ2n) is 5.62. The van der Waals surface area contributed by atoms with Crippen molar-refractivity contribution in [2.45, 2.75) is 33.7 Å². The monoisotopic (exact) mass is 312 g/mol. The standard InChI is InChI=1S/C16H19N5O2/c1-5-6-21-15-14(9(2)19-21)11(16(22)23)7-13(18-15)12-8-17-20(4)10(12)3/h7-8H,5-6H2,1-4H3,(H,22,23)/p-1. The van der Waals surface area contributed by atoms with Crippen LogP contribution in [0.1, 0.15) is 35.1 Å². The van der Waals surface area contributed by atoms with E-state index in [-0.39, 0.29) is 5.56 Å². The summed E-state index contributed by atoms with van der Waals surface area (Å²) in [5.41, 5.74) is 3.63. The summed E-state index contributed by atoms with van der Waals surface area (Å²) in [6, 6.07) is 1.55. The Labute approximate surface area is 133 Å². The molecule has 3 rings (SSSR count). The number of carboxylic acids is 1. The van der Waals surface area contributed by atoms with E-state index in [9.17, 15) is 9.90 Å². The molecule has 0 aliphatic heterocycles. The van der Waals surface area contributed by atoms with Gasteiger partial charge in [0.2, 0.25) is 0 Å². The third kappa shape index (κ3) is 2.38. The molecule has 120 valence electrons. The number of aromatic nitrogens is 5. The van der Waals surface area contributed by atoms with Crippen LogP contribution in [-0.4, -0.2) is 30.5 Å². The lowest BCUT2D eigenvalue weighted by Crippen LogP contribution is -2.23. The number of fused-ring (bicyclic) bond motifs is 1. The van der Waals surface area contributed by atoms with Gasteiger partial charge >= 0.3 is 0 Å². The van der Waals surface area contributed by atoms with E-state index in [1.165, 1.54) is 0 Å². The Bertz CT molecular complexity index is 907. The Balaban J connectivity index is 2.34. The zero-order valence-corrected chi connectivity index (χ0v) is 13.6. The van der Waals surface area contributed by atoms with E-state index in [2.05, 4.69) is 15.2 Å². The molecule has 3 aromatic rings. The highest BCUT2D eigenvalue weighted by atomic mass is 16.4. The number of carbonyl (C=O) groups is 1. The van der Waals surface area contributed by atoms with Gasteiger partial charge in [-0.05, 0) is 26.3 Å². The minimum absolute atomic E-state index is 0.119. The van der Waals surface area contributed by atoms with Crippen molar-refractivity contribution in [1.29, 1.82) is 0 Å². The molecule has 0 aliphatic carbocycles. The lowest BCUT2D eigenvalue weighted by Gasteiger charge is -2.09. The molecule has 0 saturated carbocycles. The molecule has 0 aromatic carbocycles. The lowest BCUT2D eigenvalue weighted by atomic mass is 10.1. The van der Waals surface area contributed by atoms with Crippen LogP contribution in [0.3, 0.4) is 0 Å². The second kappa shape index (κ2) is 5.49. The average Bonchev–Trinajstić information content (AvgIpc) is 3.00. The number of carboxylic acid groups (broad SMARTS) is 1. The van der Waals surface area contributed by atoms with Crippen molar-refractivity contribution in [3.8, 4) is 11.3 Å². The number of hydrogen-bond donors (Lipinski definition) is 0. The van der Waals surface area contributed by atoms with Gasteiger partial charge in [0.1, 0.15) is 0 Å². The summed E-state index contributed by atoms with van der Waals surface area (Å²) in [6.07, 6.45) is 2.57. The van der Waals surface area contributed by atoms with E-state index in [4.69, 9.17) is 0 Å².